The van der Waals surface area contributed by atoms with Crippen molar-refractivity contribution < 1.29 is 18.7 Å². The second kappa shape index (κ2) is 11.3. The molecule has 1 unspecified atom stereocenters. The Kier molecular flexibility index (Phi) is 8.43. The van der Waals surface area contributed by atoms with Crippen LogP contribution < -0.4 is 4.74 Å². The van der Waals surface area contributed by atoms with Crippen LogP contribution in [0.3, 0.4) is 0 Å². The third-order valence-electron chi connectivity index (χ3n) is 6.94. The van der Waals surface area contributed by atoms with Crippen molar-refractivity contribution in [1.29, 1.82) is 0 Å². The van der Waals surface area contributed by atoms with Crippen molar-refractivity contribution in [2.45, 2.75) is 50.7 Å². The molecule has 1 aromatic heterocycles. The number of benzene rings is 2. The first-order valence-electron chi connectivity index (χ1n) is 12.4. The van der Waals surface area contributed by atoms with Gasteiger partial charge in [-0.15, -0.1) is 0 Å². The molecule has 1 atom stereocenters. The third kappa shape index (κ3) is 6.39. The average molecular weight is 519 g/mol. The van der Waals surface area contributed by atoms with Gasteiger partial charge in [0.25, 0.3) is 0 Å². The Bertz CT molecular complexity index is 1100. The Morgan fingerprint density at radius 2 is 1.80 bits per heavy atom. The van der Waals surface area contributed by atoms with Crippen LogP contribution >= 0.6 is 23.2 Å². The molecule has 35 heavy (non-hydrogen) atoms. The fourth-order valence-electron chi connectivity index (χ4n) is 5.05. The van der Waals surface area contributed by atoms with Crippen LogP contribution in [0.25, 0.3) is 0 Å². The zero-order chi connectivity index (χ0) is 24.9. The average Bonchev–Trinajstić information content (AvgIpc) is 3.33. The van der Waals surface area contributed by atoms with E-state index >= 15 is 0 Å². The van der Waals surface area contributed by atoms with Gasteiger partial charge >= 0.3 is 0 Å². The second-order valence-electron chi connectivity index (χ2n) is 10.2. The molecule has 188 valence electrons. The molecule has 1 heterocycles. The van der Waals surface area contributed by atoms with Crippen LogP contribution in [0.5, 0.6) is 5.75 Å². The number of hydrogen-bond donors (Lipinski definition) is 1. The number of quaternary nitrogens is 1. The van der Waals surface area contributed by atoms with Crippen LogP contribution in [0.1, 0.15) is 55.7 Å². The van der Waals surface area contributed by atoms with Crippen molar-refractivity contribution in [3.8, 4) is 5.75 Å². The van der Waals surface area contributed by atoms with Gasteiger partial charge in [0.15, 0.2) is 11.4 Å². The number of rotatable bonds is 10. The Morgan fingerprint density at radius 3 is 2.51 bits per heavy atom. The molecule has 5 nitrogen and oxygen atoms in total. The third-order valence-corrected chi connectivity index (χ3v) is 7.68. The maximum Gasteiger partial charge on any atom is 0.231 e. The van der Waals surface area contributed by atoms with E-state index in [1.807, 2.05) is 36.4 Å². The van der Waals surface area contributed by atoms with Crippen LogP contribution in [0.2, 0.25) is 10.0 Å². The van der Waals surface area contributed by atoms with Crippen LogP contribution in [-0.2, 0) is 12.1 Å². The molecule has 3 aromatic rings. The highest BCUT2D eigenvalue weighted by atomic mass is 35.5. The van der Waals surface area contributed by atoms with Gasteiger partial charge in [0.05, 0.1) is 43.5 Å². The Morgan fingerprint density at radius 1 is 1.06 bits per heavy atom. The zero-order valence-corrected chi connectivity index (χ0v) is 22.1. The lowest BCUT2D eigenvalue weighted by atomic mass is 9.73. The SMILES string of the molecule is C[N+](C)(CCCOc1ccc(Cl)c(Cl)c1)Cc1cnc(C(O)(c2ccccc2)C2CCCCC2)o1. The van der Waals surface area contributed by atoms with Gasteiger partial charge in [-0.2, -0.15) is 0 Å². The summed E-state index contributed by atoms with van der Waals surface area (Å²) < 4.78 is 12.8. The number of aromatic nitrogens is 1. The summed E-state index contributed by atoms with van der Waals surface area (Å²) in [6, 6.07) is 15.2. The predicted octanol–water partition coefficient (Wildman–Crippen LogP) is 6.84. The Labute approximate surface area is 218 Å². The molecule has 1 fully saturated rings. The number of aliphatic hydroxyl groups is 1. The van der Waals surface area contributed by atoms with Gasteiger partial charge in [-0.1, -0.05) is 72.8 Å². The zero-order valence-electron chi connectivity index (χ0n) is 20.6. The molecule has 2 aromatic carbocycles. The summed E-state index contributed by atoms with van der Waals surface area (Å²) in [4.78, 5) is 4.60. The molecule has 0 saturated heterocycles. The summed E-state index contributed by atoms with van der Waals surface area (Å²) in [5, 5.41) is 13.0. The van der Waals surface area contributed by atoms with E-state index < -0.39 is 5.60 Å². The maximum atomic E-state index is 12.0. The highest BCUT2D eigenvalue weighted by Crippen LogP contribution is 2.43. The summed E-state index contributed by atoms with van der Waals surface area (Å²) in [5.41, 5.74) is -0.349. The van der Waals surface area contributed by atoms with E-state index in [0.29, 0.717) is 39.3 Å². The van der Waals surface area contributed by atoms with Crippen LogP contribution in [0.15, 0.2) is 59.1 Å². The van der Waals surface area contributed by atoms with Gasteiger partial charge in [0.1, 0.15) is 12.3 Å². The fourth-order valence-corrected chi connectivity index (χ4v) is 5.34. The van der Waals surface area contributed by atoms with Gasteiger partial charge in [-0.3, -0.25) is 0 Å². The summed E-state index contributed by atoms with van der Waals surface area (Å²) in [6.07, 6.45) is 8.07. The highest BCUT2D eigenvalue weighted by molar-refractivity contribution is 6.42. The normalized spacial score (nSPS) is 16.7. The van der Waals surface area contributed by atoms with E-state index in [-0.39, 0.29) is 5.92 Å². The Balaban J connectivity index is 1.40. The minimum Gasteiger partial charge on any atom is -0.493 e. The Hall–Kier alpha value is -2.05. The molecular weight excluding hydrogens is 483 g/mol. The first-order valence-corrected chi connectivity index (χ1v) is 13.2. The molecule has 0 aliphatic heterocycles. The first kappa shape index (κ1) is 26.0. The van der Waals surface area contributed by atoms with Gasteiger partial charge < -0.3 is 18.7 Å². The van der Waals surface area contributed by atoms with Crippen molar-refractivity contribution in [1.82, 2.24) is 4.98 Å². The summed E-state index contributed by atoms with van der Waals surface area (Å²) in [6.45, 7) is 2.15. The monoisotopic (exact) mass is 517 g/mol. The highest BCUT2D eigenvalue weighted by Gasteiger charge is 2.44. The van der Waals surface area contributed by atoms with Crippen molar-refractivity contribution in [2.24, 2.45) is 5.92 Å². The standard InChI is InChI=1S/C28H35Cl2N2O3/c1-32(2,16-9-17-34-23-14-15-25(29)26(30)18-23)20-24-19-31-27(35-24)28(33,21-10-5-3-6-11-21)22-12-7-4-8-13-22/h3,5-6,10-11,14-15,18-19,22,33H,4,7-9,12-13,16-17,20H2,1-2H3/q+1. The smallest absolute Gasteiger partial charge is 0.231 e. The largest absolute Gasteiger partial charge is 0.493 e. The molecule has 1 N–H and O–H groups in total. The lowest BCUT2D eigenvalue weighted by Crippen LogP contribution is -2.40. The number of ether oxygens (including phenoxy) is 1. The molecule has 7 heteroatoms. The number of halogens is 2. The summed E-state index contributed by atoms with van der Waals surface area (Å²) in [7, 11) is 4.32. The lowest BCUT2D eigenvalue weighted by Gasteiger charge is -2.36. The van der Waals surface area contributed by atoms with Crippen LogP contribution in [0.4, 0.5) is 0 Å². The minimum atomic E-state index is -1.20. The molecule has 1 aliphatic rings. The first-order chi connectivity index (χ1) is 16.8. The van der Waals surface area contributed by atoms with Crippen molar-refractivity contribution in [3.05, 3.63) is 82.0 Å². The fraction of sp³-hybridized carbons (Fsp3) is 0.464. The van der Waals surface area contributed by atoms with Gasteiger partial charge in [-0.25, -0.2) is 4.98 Å². The van der Waals surface area contributed by atoms with E-state index in [0.717, 1.165) is 50.0 Å². The van der Waals surface area contributed by atoms with E-state index in [1.54, 1.807) is 18.3 Å². The molecular formula is C28H35Cl2N2O3+. The molecule has 0 amide bonds. The molecule has 1 aliphatic carbocycles. The summed E-state index contributed by atoms with van der Waals surface area (Å²) in [5.74, 6) is 2.01. The van der Waals surface area contributed by atoms with Crippen molar-refractivity contribution in [2.75, 3.05) is 27.2 Å². The molecule has 0 radical (unpaired) electrons. The van der Waals surface area contributed by atoms with Crippen LogP contribution in [-0.4, -0.2) is 41.8 Å². The molecule has 1 saturated carbocycles. The maximum absolute atomic E-state index is 12.0. The number of oxazole rings is 1. The minimum absolute atomic E-state index is 0.103. The number of nitrogens with zero attached hydrogens (tertiary/aromatic N) is 2. The van der Waals surface area contributed by atoms with E-state index in [1.165, 1.54) is 6.42 Å². The lowest BCUT2D eigenvalue weighted by molar-refractivity contribution is -0.904. The van der Waals surface area contributed by atoms with Gasteiger partial charge in [0.2, 0.25) is 5.89 Å². The molecule has 0 spiro atoms. The van der Waals surface area contributed by atoms with Crippen molar-refractivity contribution >= 4 is 23.2 Å². The molecule has 4 rings (SSSR count). The number of hydrogen-bond acceptors (Lipinski definition) is 4. The van der Waals surface area contributed by atoms with Gasteiger partial charge in [-0.05, 0) is 30.5 Å². The van der Waals surface area contributed by atoms with Crippen LogP contribution in [0, 0.1) is 5.92 Å². The van der Waals surface area contributed by atoms with E-state index in [4.69, 9.17) is 32.4 Å². The van der Waals surface area contributed by atoms with E-state index in [9.17, 15) is 5.11 Å². The predicted molar refractivity (Wildman–Crippen MR) is 140 cm³/mol. The second-order valence-corrected chi connectivity index (χ2v) is 11.0. The summed E-state index contributed by atoms with van der Waals surface area (Å²) >= 11 is 12.0. The molecule has 0 bridgehead atoms. The van der Waals surface area contributed by atoms with Gasteiger partial charge in [0, 0.05) is 18.4 Å². The van der Waals surface area contributed by atoms with Crippen molar-refractivity contribution in [3.63, 3.8) is 0 Å². The quantitative estimate of drug-likeness (QED) is 0.236. The van der Waals surface area contributed by atoms with E-state index in [2.05, 4.69) is 19.1 Å². The topological polar surface area (TPSA) is 55.5 Å².